The second-order valence-corrected chi connectivity index (χ2v) is 14.5. The van der Waals surface area contributed by atoms with E-state index < -0.39 is 13.3 Å². The van der Waals surface area contributed by atoms with E-state index >= 15 is 0 Å². The summed E-state index contributed by atoms with van der Waals surface area (Å²) in [5.74, 6) is 0. The quantitative estimate of drug-likeness (QED) is 0.361. The predicted octanol–water partition coefficient (Wildman–Crippen LogP) is 3.30. The molecule has 3 aromatic carbocycles. The molecule has 3 rings (SSSR count). The molecular weight excluding hydrogens is 365 g/mol. The van der Waals surface area contributed by atoms with Crippen LogP contribution in [0, 0.1) is 0 Å². The van der Waals surface area contributed by atoms with Crippen LogP contribution in [0.4, 0.5) is 0 Å². The monoisotopic (exact) mass is 388 g/mol. The Morgan fingerprint density at radius 1 is 0.720 bits per heavy atom. The number of hydrogen-bond donors (Lipinski definition) is 0. The number of rotatable bonds is 6. The van der Waals surface area contributed by atoms with Crippen LogP contribution in [0.15, 0.2) is 103 Å². The zero-order valence-corrected chi connectivity index (χ0v) is 16.5. The Balaban J connectivity index is 2.31. The van der Waals surface area contributed by atoms with Crippen molar-refractivity contribution in [3.63, 3.8) is 0 Å². The van der Waals surface area contributed by atoms with Gasteiger partial charge >= 0.3 is 152 Å². The SMILES string of the molecule is C/C(=C\C=O)[CH2][Ge]([c]1ccccc1)([c]1ccccc1)[c]1ccccc1. The summed E-state index contributed by atoms with van der Waals surface area (Å²) >= 11 is -2.93. The summed E-state index contributed by atoms with van der Waals surface area (Å²) < 4.78 is 4.25. The molecule has 0 unspecified atom stereocenters. The summed E-state index contributed by atoms with van der Waals surface area (Å²) in [5.41, 5.74) is 1.14. The van der Waals surface area contributed by atoms with E-state index in [1.54, 1.807) is 6.08 Å². The van der Waals surface area contributed by atoms with Gasteiger partial charge < -0.3 is 0 Å². The van der Waals surface area contributed by atoms with Gasteiger partial charge in [-0.3, -0.25) is 0 Å². The maximum atomic E-state index is 11.1. The number of benzene rings is 3. The minimum absolute atomic E-state index is 0.906. The molecule has 3 aromatic rings. The summed E-state index contributed by atoms with van der Waals surface area (Å²) in [6, 6.07) is 32.5. The Morgan fingerprint density at radius 3 is 1.40 bits per heavy atom. The van der Waals surface area contributed by atoms with Crippen molar-refractivity contribution in [1.29, 1.82) is 0 Å². The first kappa shape index (κ1) is 17.4. The van der Waals surface area contributed by atoms with Gasteiger partial charge in [0.1, 0.15) is 0 Å². The van der Waals surface area contributed by atoms with Gasteiger partial charge in [-0.15, -0.1) is 0 Å². The Bertz CT molecular complexity index is 742. The van der Waals surface area contributed by atoms with Crippen LogP contribution in [0.2, 0.25) is 5.25 Å². The molecule has 2 heteroatoms. The van der Waals surface area contributed by atoms with Gasteiger partial charge in [-0.05, 0) is 0 Å². The van der Waals surface area contributed by atoms with Crippen molar-refractivity contribution in [3.05, 3.63) is 103 Å². The van der Waals surface area contributed by atoms with E-state index in [0.717, 1.165) is 17.1 Å². The molecule has 0 bridgehead atoms. The molecule has 124 valence electrons. The second kappa shape index (κ2) is 8.13. The molecule has 0 saturated heterocycles. The van der Waals surface area contributed by atoms with Crippen LogP contribution in [0.3, 0.4) is 0 Å². The average molecular weight is 387 g/mol. The molecule has 1 nitrogen and oxygen atoms in total. The van der Waals surface area contributed by atoms with E-state index in [1.165, 1.54) is 13.2 Å². The summed E-state index contributed by atoms with van der Waals surface area (Å²) in [7, 11) is 0. The van der Waals surface area contributed by atoms with Crippen LogP contribution in [0.25, 0.3) is 0 Å². The molecule has 0 aliphatic carbocycles. The first-order valence-electron chi connectivity index (χ1n) is 8.55. The summed E-state index contributed by atoms with van der Waals surface area (Å²) in [5, 5.41) is 0.941. The molecule has 25 heavy (non-hydrogen) atoms. The molecular formula is C23H22GeO. The van der Waals surface area contributed by atoms with Crippen LogP contribution < -0.4 is 13.2 Å². The second-order valence-electron chi connectivity index (χ2n) is 6.33. The van der Waals surface area contributed by atoms with Crippen molar-refractivity contribution < 1.29 is 4.79 Å². The molecule has 0 fully saturated rings. The van der Waals surface area contributed by atoms with Crippen LogP contribution in [0.1, 0.15) is 6.92 Å². The van der Waals surface area contributed by atoms with Crippen LogP contribution in [0.5, 0.6) is 0 Å². The molecule has 0 saturated carbocycles. The predicted molar refractivity (Wildman–Crippen MR) is 109 cm³/mol. The van der Waals surface area contributed by atoms with Crippen molar-refractivity contribution in [2.75, 3.05) is 0 Å². The van der Waals surface area contributed by atoms with Gasteiger partial charge in [-0.1, -0.05) is 0 Å². The van der Waals surface area contributed by atoms with Crippen LogP contribution >= 0.6 is 0 Å². The molecule has 0 aromatic heterocycles. The molecule has 0 spiro atoms. The van der Waals surface area contributed by atoms with Gasteiger partial charge in [0.25, 0.3) is 0 Å². The molecule has 0 aliphatic heterocycles. The number of carbonyl (C=O) groups is 1. The van der Waals surface area contributed by atoms with Crippen molar-refractivity contribution in [2.24, 2.45) is 0 Å². The van der Waals surface area contributed by atoms with Gasteiger partial charge in [0.05, 0.1) is 0 Å². The zero-order valence-electron chi connectivity index (χ0n) is 14.4. The first-order valence-corrected chi connectivity index (χ1v) is 13.2. The van der Waals surface area contributed by atoms with Crippen molar-refractivity contribution in [2.45, 2.75) is 12.2 Å². The maximum absolute atomic E-state index is 11.1. The summed E-state index contributed by atoms with van der Waals surface area (Å²) in [6.45, 7) is 2.07. The number of carbonyl (C=O) groups excluding carboxylic acids is 1. The fourth-order valence-electron chi connectivity index (χ4n) is 3.57. The Hall–Kier alpha value is -2.39. The normalized spacial score (nSPS) is 12.0. The van der Waals surface area contributed by atoms with Gasteiger partial charge in [-0.2, -0.15) is 0 Å². The van der Waals surface area contributed by atoms with Crippen molar-refractivity contribution in [3.8, 4) is 0 Å². The average Bonchev–Trinajstić information content (AvgIpc) is 2.68. The molecule has 0 amide bonds. The Kier molecular flexibility index (Phi) is 5.67. The standard InChI is InChI=1S/C23H22GeO/c1-20(17-18-25)19-24(21-11-5-2-6-12-21,22-13-7-3-8-14-22)23-15-9-4-10-16-23/h2-18H,19H2,1H3/b20-17+. The number of allylic oxidation sites excluding steroid dienone is 2. The Morgan fingerprint density at radius 2 is 1.08 bits per heavy atom. The fourth-order valence-corrected chi connectivity index (χ4v) is 13.7. The summed E-state index contributed by atoms with van der Waals surface area (Å²) in [4.78, 5) is 11.1. The molecule has 0 heterocycles. The third kappa shape index (κ3) is 3.67. The van der Waals surface area contributed by atoms with E-state index in [4.69, 9.17) is 0 Å². The molecule has 0 N–H and O–H groups in total. The van der Waals surface area contributed by atoms with E-state index in [-0.39, 0.29) is 0 Å². The minimum atomic E-state index is -2.93. The molecule has 0 aliphatic rings. The molecule has 0 radical (unpaired) electrons. The third-order valence-electron chi connectivity index (χ3n) is 4.70. The van der Waals surface area contributed by atoms with Crippen molar-refractivity contribution in [1.82, 2.24) is 0 Å². The number of aldehydes is 1. The van der Waals surface area contributed by atoms with Gasteiger partial charge in [0.2, 0.25) is 0 Å². The van der Waals surface area contributed by atoms with E-state index in [9.17, 15) is 4.79 Å². The van der Waals surface area contributed by atoms with E-state index in [0.29, 0.717) is 0 Å². The topological polar surface area (TPSA) is 17.1 Å². The van der Waals surface area contributed by atoms with E-state index in [2.05, 4.69) is 97.9 Å². The van der Waals surface area contributed by atoms with Gasteiger partial charge in [-0.25, -0.2) is 0 Å². The van der Waals surface area contributed by atoms with Gasteiger partial charge in [0.15, 0.2) is 0 Å². The first-order chi connectivity index (χ1) is 12.3. The summed E-state index contributed by atoms with van der Waals surface area (Å²) in [6.07, 6.45) is 2.62. The van der Waals surface area contributed by atoms with E-state index in [1.807, 2.05) is 0 Å². The zero-order chi connectivity index (χ0) is 17.5. The van der Waals surface area contributed by atoms with Crippen molar-refractivity contribution >= 4 is 32.7 Å². The van der Waals surface area contributed by atoms with Gasteiger partial charge in [0, 0.05) is 0 Å². The molecule has 0 atom stereocenters. The third-order valence-corrected chi connectivity index (χ3v) is 15.3. The fraction of sp³-hybridized carbons (Fsp3) is 0.0870. The Labute approximate surface area is 152 Å². The van der Waals surface area contributed by atoms with Crippen LogP contribution in [-0.2, 0) is 4.79 Å². The number of hydrogen-bond acceptors (Lipinski definition) is 1. The van der Waals surface area contributed by atoms with Crippen LogP contribution in [-0.4, -0.2) is 19.6 Å².